The standard InChI is InChI=1S/C3H6ClO.C3H7.U/c1-3(5)2-4;1-3-2;/h3,5H,1-2H2;3H,1-2H3;/q2*-1;+2. The van der Waals surface area contributed by atoms with E-state index < -0.39 is 6.10 Å². The zero-order valence-corrected chi connectivity index (χ0v) is 10.8. The summed E-state index contributed by atoms with van der Waals surface area (Å²) >= 11 is 5.02. The van der Waals surface area contributed by atoms with E-state index in [1.807, 2.05) is 20.3 Å². The molecule has 0 heterocycles. The third-order valence-electron chi connectivity index (χ3n) is 0.178. The van der Waals surface area contributed by atoms with Crippen LogP contribution in [0.1, 0.15) is 13.8 Å². The Labute approximate surface area is 86.5 Å². The predicted molar refractivity (Wildman–Crippen MR) is 37.7 cm³/mol. The van der Waals surface area contributed by atoms with Crippen LogP contribution in [0.3, 0.4) is 0 Å². The number of halogens is 1. The molecule has 9 heavy (non-hydrogen) atoms. The van der Waals surface area contributed by atoms with Crippen LogP contribution in [0.25, 0.3) is 0 Å². The topological polar surface area (TPSA) is 20.2 Å². The van der Waals surface area contributed by atoms with Gasteiger partial charge in [0.15, 0.2) is 0 Å². The maximum atomic E-state index is 8.12. The quantitative estimate of drug-likeness (QED) is 0.547. The molecule has 0 aromatic carbocycles. The van der Waals surface area contributed by atoms with Gasteiger partial charge in [-0.3, -0.25) is 0 Å². The monoisotopic (exact) mass is 374 g/mol. The second-order valence-electron chi connectivity index (χ2n) is 1.39. The van der Waals surface area contributed by atoms with E-state index in [-0.39, 0.29) is 37.0 Å². The van der Waals surface area contributed by atoms with E-state index >= 15 is 0 Å². The first-order valence-corrected chi connectivity index (χ1v) is 3.03. The molecular weight excluding hydrogens is 362 g/mol. The molecular formula is C6H13ClOU. The van der Waals surface area contributed by atoms with Crippen LogP contribution in [0.5, 0.6) is 0 Å². The second-order valence-corrected chi connectivity index (χ2v) is 1.69. The number of hydrogen-bond donors (Lipinski definition) is 1. The number of aliphatic hydroxyl groups is 1. The number of alkyl halides is 1. The maximum absolute atomic E-state index is 8.12. The van der Waals surface area contributed by atoms with Crippen molar-refractivity contribution in [3.8, 4) is 0 Å². The van der Waals surface area contributed by atoms with Gasteiger partial charge in [-0.15, -0.1) is 11.6 Å². The van der Waals surface area contributed by atoms with Gasteiger partial charge in [0.25, 0.3) is 0 Å². The van der Waals surface area contributed by atoms with Crippen molar-refractivity contribution in [2.75, 3.05) is 5.88 Å². The van der Waals surface area contributed by atoms with Crippen molar-refractivity contribution in [3.63, 3.8) is 0 Å². The number of rotatable bonds is 1. The fourth-order valence-electron chi connectivity index (χ4n) is 0. The molecule has 1 unspecified atom stereocenters. The van der Waals surface area contributed by atoms with Crippen molar-refractivity contribution < 1.29 is 36.2 Å². The average Bonchev–Trinajstić information content (AvgIpc) is 1.69. The van der Waals surface area contributed by atoms with E-state index in [1.165, 1.54) is 0 Å². The van der Waals surface area contributed by atoms with Gasteiger partial charge in [-0.2, -0.15) is 13.8 Å². The van der Waals surface area contributed by atoms with Crippen LogP contribution in [0.15, 0.2) is 0 Å². The molecule has 0 fully saturated rings. The first-order valence-electron chi connectivity index (χ1n) is 2.50. The Morgan fingerprint density at radius 1 is 1.67 bits per heavy atom. The Balaban J connectivity index is -0.0000000800. The van der Waals surface area contributed by atoms with Crippen LogP contribution >= 0.6 is 11.6 Å². The minimum absolute atomic E-state index is 0. The van der Waals surface area contributed by atoms with Crippen molar-refractivity contribution in [3.05, 3.63) is 13.3 Å². The van der Waals surface area contributed by atoms with Crippen LogP contribution in [-0.4, -0.2) is 17.1 Å². The molecule has 0 aliphatic rings. The smallest absolute Gasteiger partial charge is 0.424 e. The van der Waals surface area contributed by atoms with E-state index in [4.69, 9.17) is 16.7 Å². The van der Waals surface area contributed by atoms with Crippen molar-refractivity contribution >= 4 is 11.6 Å². The number of aliphatic hydroxyl groups excluding tert-OH is 1. The molecule has 0 aliphatic heterocycles. The molecule has 1 nitrogen and oxygen atoms in total. The molecule has 1 atom stereocenters. The first-order chi connectivity index (χ1) is 3.68. The van der Waals surface area contributed by atoms with Gasteiger partial charge in [-0.1, -0.05) is 6.10 Å². The molecule has 0 radical (unpaired) electrons. The van der Waals surface area contributed by atoms with Gasteiger partial charge in [0, 0.05) is 5.88 Å². The van der Waals surface area contributed by atoms with Gasteiger partial charge in [0.05, 0.1) is 0 Å². The van der Waals surface area contributed by atoms with Gasteiger partial charge in [0.1, 0.15) is 0 Å². The molecule has 0 aromatic rings. The molecule has 0 saturated heterocycles. The molecule has 0 amide bonds. The number of hydrogen-bond acceptors (Lipinski definition) is 1. The van der Waals surface area contributed by atoms with Gasteiger partial charge >= 0.3 is 31.1 Å². The van der Waals surface area contributed by atoms with Crippen molar-refractivity contribution in [2.24, 2.45) is 0 Å². The zero-order chi connectivity index (χ0) is 6.99. The summed E-state index contributed by atoms with van der Waals surface area (Å²) in [5.41, 5.74) is 0. The Morgan fingerprint density at radius 2 is 1.78 bits per heavy atom. The van der Waals surface area contributed by atoms with Crippen molar-refractivity contribution in [1.82, 2.24) is 0 Å². The van der Waals surface area contributed by atoms with E-state index in [2.05, 4.69) is 6.92 Å². The normalized spacial score (nSPS) is 10.3. The maximum Gasteiger partial charge on any atom is 2.00 e. The van der Waals surface area contributed by atoms with Gasteiger partial charge in [-0.05, 0) is 0 Å². The summed E-state index contributed by atoms with van der Waals surface area (Å²) in [6, 6.07) is 0. The Kier molecular flexibility index (Phi) is 30.0. The summed E-state index contributed by atoms with van der Waals surface area (Å²) in [6.45, 7) is 7.18. The predicted octanol–water partition coefficient (Wildman–Crippen LogP) is 1.65. The Hall–Kier alpha value is 1.30. The average molecular weight is 375 g/mol. The molecule has 1 N–H and O–H groups in total. The van der Waals surface area contributed by atoms with Crippen LogP contribution < -0.4 is 0 Å². The third kappa shape index (κ3) is 45.5. The van der Waals surface area contributed by atoms with Gasteiger partial charge in [-0.25, -0.2) is 0 Å². The van der Waals surface area contributed by atoms with Gasteiger partial charge in [0.2, 0.25) is 0 Å². The molecule has 54 valence electrons. The molecule has 0 spiro atoms. The summed E-state index contributed by atoms with van der Waals surface area (Å²) in [6.07, 6.45) is 1.40. The van der Waals surface area contributed by atoms with Crippen LogP contribution in [0, 0.1) is 44.5 Å². The molecule has 0 rings (SSSR count). The first kappa shape index (κ1) is 16.7. The van der Waals surface area contributed by atoms with Crippen LogP contribution in [0.2, 0.25) is 0 Å². The summed E-state index contributed by atoms with van der Waals surface area (Å²) < 4.78 is 0. The summed E-state index contributed by atoms with van der Waals surface area (Å²) in [4.78, 5) is 0. The van der Waals surface area contributed by atoms with Crippen molar-refractivity contribution in [1.29, 1.82) is 0 Å². The fourth-order valence-corrected chi connectivity index (χ4v) is 0. The van der Waals surface area contributed by atoms with Crippen molar-refractivity contribution in [2.45, 2.75) is 20.0 Å². The minimum atomic E-state index is -0.600. The Morgan fingerprint density at radius 3 is 1.78 bits per heavy atom. The van der Waals surface area contributed by atoms with E-state index in [1.54, 1.807) is 0 Å². The fraction of sp³-hybridized carbons (Fsp3) is 0.667. The SMILES string of the molecule is C[CH-]C.[CH2-]C(O)CCl.[U+2]. The van der Waals surface area contributed by atoms with E-state index in [9.17, 15) is 0 Å². The van der Waals surface area contributed by atoms with Crippen LogP contribution in [-0.2, 0) is 0 Å². The van der Waals surface area contributed by atoms with Gasteiger partial charge < -0.3 is 18.5 Å². The molecule has 0 aliphatic carbocycles. The third-order valence-corrected chi connectivity index (χ3v) is 0.534. The molecule has 0 bridgehead atoms. The molecule has 0 saturated carbocycles. The summed E-state index contributed by atoms with van der Waals surface area (Å²) in [5, 5.41) is 8.12. The van der Waals surface area contributed by atoms with Crippen LogP contribution in [0.4, 0.5) is 0 Å². The minimum Gasteiger partial charge on any atom is -0.424 e. The largest absolute Gasteiger partial charge is 2.00 e. The summed E-state index contributed by atoms with van der Waals surface area (Å²) in [7, 11) is 0. The Bertz CT molecular complexity index is 34.2. The molecule has 3 heteroatoms. The zero-order valence-electron chi connectivity index (χ0n) is 5.89. The van der Waals surface area contributed by atoms with E-state index in [0.717, 1.165) is 0 Å². The van der Waals surface area contributed by atoms with E-state index in [0.29, 0.717) is 0 Å². The second kappa shape index (κ2) is 16.1. The molecule has 0 aromatic heterocycles. The summed E-state index contributed by atoms with van der Waals surface area (Å²) in [5.74, 6) is 0.222.